The van der Waals surface area contributed by atoms with E-state index in [1.165, 1.54) is 0 Å². The van der Waals surface area contributed by atoms with Crippen molar-refractivity contribution in [1.82, 2.24) is 15.0 Å². The first-order valence-corrected chi connectivity index (χ1v) is 14.9. The van der Waals surface area contributed by atoms with E-state index in [9.17, 15) is 10.0 Å². The van der Waals surface area contributed by atoms with Gasteiger partial charge in [-0.15, -0.1) is 0 Å². The van der Waals surface area contributed by atoms with Gasteiger partial charge in [0.25, 0.3) is 0 Å². The van der Waals surface area contributed by atoms with Crippen molar-refractivity contribution in [1.29, 1.82) is 0 Å². The van der Waals surface area contributed by atoms with Crippen molar-refractivity contribution in [3.8, 4) is 0 Å². The zero-order valence-electron chi connectivity index (χ0n) is 25.9. The highest BCUT2D eigenvalue weighted by atomic mass is 16.3. The zero-order valence-corrected chi connectivity index (χ0v) is 25.9. The van der Waals surface area contributed by atoms with Gasteiger partial charge in [0.15, 0.2) is 24.8 Å². The molecule has 5 aromatic rings. The molecule has 0 unspecified atom stereocenters. The normalized spacial score (nSPS) is 11.2. The molecule has 0 saturated heterocycles. The van der Waals surface area contributed by atoms with Gasteiger partial charge in [0, 0.05) is 48.7 Å². The quantitative estimate of drug-likeness (QED) is 0.119. The Balaban J connectivity index is 1.33. The Labute approximate surface area is 268 Å². The molecule has 232 valence electrons. The molecule has 0 saturated carbocycles. The molecule has 0 atom stereocenters. The number of anilines is 5. The van der Waals surface area contributed by atoms with Gasteiger partial charge in [-0.3, -0.25) is 0 Å². The number of nitrogens with one attached hydrogen (secondary N) is 2. The topological polar surface area (TPSA) is 123 Å². The fraction of sp³-hybridized carbons (Fsp3) is 0.171. The average molecular weight is 616 g/mol. The van der Waals surface area contributed by atoms with E-state index in [1.807, 2.05) is 96.5 Å². The molecule has 0 fully saturated rings. The number of aliphatic hydroxyl groups is 1. The van der Waals surface area contributed by atoms with Crippen LogP contribution in [0.15, 0.2) is 103 Å². The van der Waals surface area contributed by atoms with Gasteiger partial charge in [-0.1, -0.05) is 53.7 Å². The molecular formula is C35H37N9O2+2. The molecule has 3 N–H and O–H groups in total. The molecule has 0 radical (unpaired) electrons. The van der Waals surface area contributed by atoms with Crippen LogP contribution in [-0.4, -0.2) is 46.3 Å². The monoisotopic (exact) mass is 615 g/mol. The van der Waals surface area contributed by atoms with Crippen LogP contribution < -0.4 is 24.7 Å². The zero-order chi connectivity index (χ0) is 32.1. The Morgan fingerprint density at radius 2 is 1.07 bits per heavy atom. The van der Waals surface area contributed by atoms with Crippen LogP contribution in [0.25, 0.3) is 24.3 Å². The molecule has 0 aliphatic heterocycles. The van der Waals surface area contributed by atoms with E-state index in [-0.39, 0.29) is 26.2 Å². The van der Waals surface area contributed by atoms with Gasteiger partial charge < -0.3 is 20.6 Å². The van der Waals surface area contributed by atoms with E-state index in [1.54, 1.807) is 4.90 Å². The lowest BCUT2D eigenvalue weighted by molar-refractivity contribution is -0.671. The average Bonchev–Trinajstić information content (AvgIpc) is 3.07. The third-order valence-electron chi connectivity index (χ3n) is 7.02. The number of pyridine rings is 2. The molecular weight excluding hydrogens is 578 g/mol. The van der Waals surface area contributed by atoms with Gasteiger partial charge in [-0.2, -0.15) is 19.9 Å². The smallest absolute Gasteiger partial charge is 0.233 e. The molecule has 0 amide bonds. The second-order valence-electron chi connectivity index (χ2n) is 10.6. The third kappa shape index (κ3) is 9.34. The van der Waals surface area contributed by atoms with E-state index >= 15 is 0 Å². The van der Waals surface area contributed by atoms with Gasteiger partial charge in [0.2, 0.25) is 17.8 Å². The lowest BCUT2D eigenvalue weighted by Crippen LogP contribution is -2.31. The summed E-state index contributed by atoms with van der Waals surface area (Å²) in [5.41, 5.74) is 5.90. The Hall–Kier alpha value is -5.81. The Morgan fingerprint density at radius 1 is 0.652 bits per heavy atom. The van der Waals surface area contributed by atoms with E-state index in [4.69, 9.17) is 0 Å². The summed E-state index contributed by atoms with van der Waals surface area (Å²) in [4.78, 5) is 26.4. The number of hydrogen-bond donors (Lipinski definition) is 3. The van der Waals surface area contributed by atoms with Crippen molar-refractivity contribution in [3.63, 3.8) is 0 Å². The van der Waals surface area contributed by atoms with E-state index in [0.717, 1.165) is 33.6 Å². The van der Waals surface area contributed by atoms with Crippen LogP contribution in [0.4, 0.5) is 29.2 Å². The van der Waals surface area contributed by atoms with Gasteiger partial charge in [-0.25, -0.2) is 9.13 Å². The minimum atomic E-state index is -0.136. The van der Waals surface area contributed by atoms with Crippen molar-refractivity contribution in [3.05, 3.63) is 125 Å². The standard InChI is InChI=1S/C35H35N9O2/c1-42-20-15-29(16-21-42)5-3-27-7-11-31(12-8-27)37-33-39-34(41-35(40-33)44(25-26-45)24-19-36-46)38-32-13-9-28(10-14-32)4-6-30-17-22-43(2)23-18-30/h3-18,20-23,45H,19,24-26H2,1-2H3/p+2. The van der Waals surface area contributed by atoms with Crippen molar-refractivity contribution < 1.29 is 14.2 Å². The highest BCUT2D eigenvalue weighted by Gasteiger charge is 2.14. The number of rotatable bonds is 14. The largest absolute Gasteiger partial charge is 0.395 e. The van der Waals surface area contributed by atoms with Crippen LogP contribution in [-0.2, 0) is 14.1 Å². The molecule has 3 heterocycles. The van der Waals surface area contributed by atoms with Crippen LogP contribution in [0.5, 0.6) is 0 Å². The summed E-state index contributed by atoms with van der Waals surface area (Å²) in [7, 11) is 3.98. The SMILES string of the molecule is C[n+]1ccc(/C=C/c2ccc(Nc3nc(Nc4ccc(/C=C/c5cc[n+](C)cc5)cc4)nc(N(CCO)CCN=O)n3)cc2)cc1. The van der Waals surface area contributed by atoms with Crippen LogP contribution in [0.3, 0.4) is 0 Å². The third-order valence-corrected chi connectivity index (χ3v) is 7.02. The molecule has 0 bridgehead atoms. The van der Waals surface area contributed by atoms with Gasteiger partial charge in [-0.05, 0) is 46.5 Å². The first-order chi connectivity index (χ1) is 22.5. The Bertz CT molecular complexity index is 1650. The number of aromatic nitrogens is 5. The van der Waals surface area contributed by atoms with Gasteiger partial charge >= 0.3 is 0 Å². The second-order valence-corrected chi connectivity index (χ2v) is 10.6. The first kappa shape index (κ1) is 31.6. The van der Waals surface area contributed by atoms with Crippen molar-refractivity contribution in [2.24, 2.45) is 19.3 Å². The number of nitrogens with zero attached hydrogens (tertiary/aromatic N) is 7. The maximum Gasteiger partial charge on any atom is 0.233 e. The van der Waals surface area contributed by atoms with Crippen LogP contribution in [0, 0.1) is 4.91 Å². The summed E-state index contributed by atoms with van der Waals surface area (Å²) in [6, 6.07) is 24.0. The highest BCUT2D eigenvalue weighted by molar-refractivity contribution is 5.72. The first-order valence-electron chi connectivity index (χ1n) is 14.9. The predicted molar refractivity (Wildman–Crippen MR) is 182 cm³/mol. The molecule has 11 heteroatoms. The summed E-state index contributed by atoms with van der Waals surface area (Å²) < 4.78 is 3.99. The molecule has 0 aliphatic carbocycles. The van der Waals surface area contributed by atoms with Crippen molar-refractivity contribution in [2.75, 3.05) is 41.8 Å². The summed E-state index contributed by atoms with van der Waals surface area (Å²) in [5, 5.41) is 19.1. The van der Waals surface area contributed by atoms with E-state index in [2.05, 4.69) is 79.3 Å². The molecule has 46 heavy (non-hydrogen) atoms. The number of hydrogen-bond acceptors (Lipinski definition) is 9. The van der Waals surface area contributed by atoms with Gasteiger partial charge in [0.05, 0.1) is 13.2 Å². The molecule has 3 aromatic heterocycles. The van der Waals surface area contributed by atoms with Crippen LogP contribution >= 0.6 is 0 Å². The maximum atomic E-state index is 10.9. The fourth-order valence-electron chi connectivity index (χ4n) is 4.46. The Kier molecular flexibility index (Phi) is 10.8. The maximum absolute atomic E-state index is 10.9. The number of aliphatic hydroxyl groups excluding tert-OH is 1. The van der Waals surface area contributed by atoms with Crippen molar-refractivity contribution >= 4 is 53.5 Å². The van der Waals surface area contributed by atoms with Gasteiger partial charge in [0.1, 0.15) is 14.1 Å². The summed E-state index contributed by atoms with van der Waals surface area (Å²) in [6.07, 6.45) is 16.3. The molecule has 5 rings (SSSR count). The highest BCUT2D eigenvalue weighted by Crippen LogP contribution is 2.22. The fourth-order valence-corrected chi connectivity index (χ4v) is 4.46. The molecule has 0 aliphatic rings. The van der Waals surface area contributed by atoms with Crippen molar-refractivity contribution in [2.45, 2.75) is 0 Å². The minimum Gasteiger partial charge on any atom is -0.395 e. The molecule has 2 aromatic carbocycles. The summed E-state index contributed by atoms with van der Waals surface area (Å²) >= 11 is 0. The molecule has 11 nitrogen and oxygen atoms in total. The van der Waals surface area contributed by atoms with Crippen LogP contribution in [0.2, 0.25) is 0 Å². The summed E-state index contributed by atoms with van der Waals surface area (Å²) in [6.45, 7) is 0.390. The number of nitroso groups, excluding NO2 is 1. The van der Waals surface area contributed by atoms with E-state index < -0.39 is 0 Å². The van der Waals surface area contributed by atoms with E-state index in [0.29, 0.717) is 17.8 Å². The predicted octanol–water partition coefficient (Wildman–Crippen LogP) is 4.91. The van der Waals surface area contributed by atoms with Crippen LogP contribution in [0.1, 0.15) is 22.3 Å². The second kappa shape index (κ2) is 15.8. The lowest BCUT2D eigenvalue weighted by Gasteiger charge is -2.21. The number of benzene rings is 2. The minimum absolute atomic E-state index is 0.0318. The Morgan fingerprint density at radius 3 is 1.46 bits per heavy atom. The summed E-state index contributed by atoms with van der Waals surface area (Å²) in [5.74, 6) is 0.931. The molecule has 0 spiro atoms. The number of aryl methyl sites for hydroxylation is 2. The lowest BCUT2D eigenvalue weighted by atomic mass is 10.1.